The zero-order valence-corrected chi connectivity index (χ0v) is 15.7. The summed E-state index contributed by atoms with van der Waals surface area (Å²) >= 11 is 0. The summed E-state index contributed by atoms with van der Waals surface area (Å²) in [5.74, 6) is -0.0650. The summed E-state index contributed by atoms with van der Waals surface area (Å²) in [5, 5.41) is 9.54. The van der Waals surface area contributed by atoms with Crippen molar-refractivity contribution in [2.24, 2.45) is 10.3 Å². The van der Waals surface area contributed by atoms with E-state index in [-0.39, 0.29) is 24.8 Å². The molecule has 2 aromatic rings. The summed E-state index contributed by atoms with van der Waals surface area (Å²) in [4.78, 5) is 24.2. The molecule has 0 heterocycles. The van der Waals surface area contributed by atoms with Crippen LogP contribution in [0.5, 0.6) is 5.75 Å². The van der Waals surface area contributed by atoms with Gasteiger partial charge in [-0.15, -0.1) is 5.11 Å². The summed E-state index contributed by atoms with van der Waals surface area (Å²) < 4.78 is 10.5. The molecule has 27 heavy (non-hydrogen) atoms. The van der Waals surface area contributed by atoms with Crippen LogP contribution in [0, 0.1) is 0 Å². The van der Waals surface area contributed by atoms with Crippen LogP contribution < -0.4 is 4.74 Å². The summed E-state index contributed by atoms with van der Waals surface area (Å²) in [6, 6.07) is 13.8. The molecule has 0 aromatic heterocycles. The Balaban J connectivity index is 2.09. The van der Waals surface area contributed by atoms with E-state index in [9.17, 15) is 9.59 Å². The van der Waals surface area contributed by atoms with E-state index in [1.54, 1.807) is 74.6 Å². The highest BCUT2D eigenvalue weighted by atomic mass is 16.5. The molecule has 0 fully saturated rings. The molecule has 0 unspecified atom stereocenters. The lowest BCUT2D eigenvalue weighted by atomic mass is 10.0. The highest BCUT2D eigenvalue weighted by molar-refractivity contribution is 6.10. The van der Waals surface area contributed by atoms with Crippen LogP contribution in [-0.2, 0) is 9.53 Å². The molecule has 0 spiro atoms. The van der Waals surface area contributed by atoms with Crippen LogP contribution in [-0.4, -0.2) is 44.1 Å². The minimum Gasteiger partial charge on any atom is -0.492 e. The van der Waals surface area contributed by atoms with Crippen molar-refractivity contribution in [3.8, 4) is 5.75 Å². The van der Waals surface area contributed by atoms with Crippen molar-refractivity contribution in [3.63, 3.8) is 0 Å². The second-order valence-corrected chi connectivity index (χ2v) is 5.81. The van der Waals surface area contributed by atoms with Crippen LogP contribution in [0.3, 0.4) is 0 Å². The number of ketones is 1. The molecule has 0 amide bonds. The van der Waals surface area contributed by atoms with Gasteiger partial charge in [-0.3, -0.25) is 14.6 Å². The Labute approximate surface area is 158 Å². The molecular formula is C20H23N3O4. The first-order valence-electron chi connectivity index (χ1n) is 8.62. The number of hydrogen-bond donors (Lipinski definition) is 0. The van der Waals surface area contributed by atoms with E-state index >= 15 is 0 Å². The van der Waals surface area contributed by atoms with Gasteiger partial charge in [-0.2, -0.15) is 0 Å². The molecule has 0 aliphatic carbocycles. The third-order valence-corrected chi connectivity index (χ3v) is 3.47. The smallest absolute Gasteiger partial charge is 0.309 e. The van der Waals surface area contributed by atoms with Crippen molar-refractivity contribution < 1.29 is 19.1 Å². The number of carbonyl (C=O) groups is 2. The maximum absolute atomic E-state index is 12.8. The van der Waals surface area contributed by atoms with Gasteiger partial charge in [-0.25, -0.2) is 0 Å². The Hall–Kier alpha value is -3.22. The van der Waals surface area contributed by atoms with Crippen molar-refractivity contribution in [3.05, 3.63) is 59.7 Å². The van der Waals surface area contributed by atoms with Gasteiger partial charge in [-0.05, 0) is 43.3 Å². The third-order valence-electron chi connectivity index (χ3n) is 3.47. The molecule has 0 saturated heterocycles. The van der Waals surface area contributed by atoms with Crippen molar-refractivity contribution in [2.45, 2.75) is 13.3 Å². The van der Waals surface area contributed by atoms with Crippen LogP contribution >= 0.6 is 0 Å². The monoisotopic (exact) mass is 369 g/mol. The lowest BCUT2D eigenvalue weighted by molar-refractivity contribution is -0.143. The fraction of sp³-hybridized carbons (Fsp3) is 0.300. The molecular weight excluding hydrogens is 346 g/mol. The van der Waals surface area contributed by atoms with Crippen LogP contribution in [0.1, 0.15) is 29.3 Å². The molecule has 7 heteroatoms. The van der Waals surface area contributed by atoms with Crippen LogP contribution in [0.15, 0.2) is 58.9 Å². The number of rotatable bonds is 9. The fourth-order valence-corrected chi connectivity index (χ4v) is 2.23. The largest absolute Gasteiger partial charge is 0.492 e. The number of esters is 1. The molecule has 0 saturated carbocycles. The summed E-state index contributed by atoms with van der Waals surface area (Å²) in [6.07, 6.45) is 0.127. The quantitative estimate of drug-likeness (QED) is 0.291. The van der Waals surface area contributed by atoms with Crippen LogP contribution in [0.2, 0.25) is 0 Å². The lowest BCUT2D eigenvalue weighted by Gasteiger charge is -2.11. The number of ether oxygens (including phenoxy) is 2. The average Bonchev–Trinajstić information content (AvgIpc) is 2.67. The van der Waals surface area contributed by atoms with E-state index in [0.29, 0.717) is 29.2 Å². The van der Waals surface area contributed by atoms with Gasteiger partial charge >= 0.3 is 5.97 Å². The first-order valence-corrected chi connectivity index (χ1v) is 8.62. The zero-order chi connectivity index (χ0) is 19.6. The van der Waals surface area contributed by atoms with Crippen molar-refractivity contribution in [1.82, 2.24) is 5.01 Å². The van der Waals surface area contributed by atoms with Crippen LogP contribution in [0.4, 0.5) is 5.69 Å². The normalized spacial score (nSPS) is 10.6. The van der Waals surface area contributed by atoms with Crippen molar-refractivity contribution >= 4 is 17.4 Å². The second kappa shape index (κ2) is 10.1. The minimum atomic E-state index is -0.330. The maximum Gasteiger partial charge on any atom is 0.309 e. The summed E-state index contributed by atoms with van der Waals surface area (Å²) in [7, 11) is 3.56. The molecule has 0 N–H and O–H groups in total. The lowest BCUT2D eigenvalue weighted by Crippen LogP contribution is -2.11. The highest BCUT2D eigenvalue weighted by Gasteiger charge is 2.15. The number of para-hydroxylation sites is 1. The molecule has 0 aliphatic rings. The molecule has 2 rings (SSSR count). The second-order valence-electron chi connectivity index (χ2n) is 5.81. The minimum absolute atomic E-state index is 0.127. The Morgan fingerprint density at radius 2 is 1.74 bits per heavy atom. The Bertz CT molecular complexity index is 801. The number of hydrogen-bond acceptors (Lipinski definition) is 6. The fourth-order valence-electron chi connectivity index (χ4n) is 2.23. The predicted molar refractivity (Wildman–Crippen MR) is 101 cm³/mol. The third kappa shape index (κ3) is 6.22. The molecule has 0 bridgehead atoms. The summed E-state index contributed by atoms with van der Waals surface area (Å²) in [5.41, 5.74) is 1.60. The van der Waals surface area contributed by atoms with Gasteiger partial charge in [0.1, 0.15) is 5.75 Å². The van der Waals surface area contributed by atoms with Gasteiger partial charge in [0.05, 0.1) is 30.9 Å². The predicted octanol–water partition coefficient (Wildman–Crippen LogP) is 3.81. The van der Waals surface area contributed by atoms with E-state index in [4.69, 9.17) is 9.47 Å². The zero-order valence-electron chi connectivity index (χ0n) is 15.7. The number of nitrogens with zero attached hydrogens (tertiary/aromatic N) is 3. The summed E-state index contributed by atoms with van der Waals surface area (Å²) in [6.45, 7) is 2.23. The molecule has 0 aliphatic heterocycles. The maximum atomic E-state index is 12.8. The van der Waals surface area contributed by atoms with Gasteiger partial charge in [0.2, 0.25) is 0 Å². The Kier molecular flexibility index (Phi) is 7.49. The number of benzene rings is 2. The van der Waals surface area contributed by atoms with Gasteiger partial charge in [0, 0.05) is 19.7 Å². The molecule has 2 aromatic carbocycles. The molecule has 0 atom stereocenters. The topological polar surface area (TPSA) is 80.6 Å². The van der Waals surface area contributed by atoms with E-state index in [1.807, 2.05) is 0 Å². The SMILES string of the molecule is CCOC(=O)CCOc1ccccc1C(=O)c1ccc(N=NN(C)C)cc1. The average molecular weight is 369 g/mol. The van der Waals surface area contributed by atoms with E-state index < -0.39 is 0 Å². The van der Waals surface area contributed by atoms with Gasteiger partial charge < -0.3 is 9.47 Å². The highest BCUT2D eigenvalue weighted by Crippen LogP contribution is 2.23. The standard InChI is InChI=1S/C20H23N3O4/c1-4-26-19(24)13-14-27-18-8-6-5-7-17(18)20(25)15-9-11-16(12-10-15)21-22-23(2)3/h5-12H,4,13-14H2,1-3H3. The van der Waals surface area contributed by atoms with Gasteiger partial charge in [0.25, 0.3) is 0 Å². The molecule has 142 valence electrons. The number of carbonyl (C=O) groups excluding carboxylic acids is 2. The Morgan fingerprint density at radius 3 is 2.41 bits per heavy atom. The molecule has 7 nitrogen and oxygen atoms in total. The van der Waals surface area contributed by atoms with E-state index in [1.165, 1.54) is 0 Å². The van der Waals surface area contributed by atoms with Crippen molar-refractivity contribution in [1.29, 1.82) is 0 Å². The van der Waals surface area contributed by atoms with E-state index in [0.717, 1.165) is 0 Å². The van der Waals surface area contributed by atoms with Crippen molar-refractivity contribution in [2.75, 3.05) is 27.3 Å². The van der Waals surface area contributed by atoms with Gasteiger partial charge in [-0.1, -0.05) is 17.4 Å². The molecule has 0 radical (unpaired) electrons. The first-order chi connectivity index (χ1) is 13.0. The Morgan fingerprint density at radius 1 is 1.04 bits per heavy atom. The van der Waals surface area contributed by atoms with Crippen LogP contribution in [0.25, 0.3) is 0 Å². The van der Waals surface area contributed by atoms with Gasteiger partial charge in [0.15, 0.2) is 5.78 Å². The van der Waals surface area contributed by atoms with E-state index in [2.05, 4.69) is 10.3 Å². The first kappa shape index (κ1) is 20.1.